The van der Waals surface area contributed by atoms with E-state index in [0.29, 0.717) is 24.2 Å². The third kappa shape index (κ3) is 5.02. The van der Waals surface area contributed by atoms with Crippen LogP contribution < -0.4 is 9.64 Å². The maximum atomic E-state index is 12.9. The monoisotopic (exact) mass is 425 g/mol. The first-order chi connectivity index (χ1) is 14.2. The Balaban J connectivity index is 1.27. The minimum absolute atomic E-state index is 0.0268. The fraction of sp³-hybridized carbons (Fsp3) is 0.682. The number of piperidine rings is 1. The zero-order chi connectivity index (χ0) is 21.4. The summed E-state index contributed by atoms with van der Waals surface area (Å²) in [5.74, 6) is -0.240. The smallest absolute Gasteiger partial charge is 0.406 e. The number of benzene rings is 1. The lowest BCUT2D eigenvalue weighted by Gasteiger charge is -2.41. The Morgan fingerprint density at radius 3 is 2.47 bits per heavy atom. The van der Waals surface area contributed by atoms with Gasteiger partial charge >= 0.3 is 6.36 Å². The number of hydrogen-bond donors (Lipinski definition) is 0. The minimum atomic E-state index is -4.73. The zero-order valence-corrected chi connectivity index (χ0v) is 17.5. The molecule has 1 aromatic rings. The van der Waals surface area contributed by atoms with Gasteiger partial charge in [-0.2, -0.15) is 0 Å². The van der Waals surface area contributed by atoms with Crippen LogP contribution in [0.2, 0.25) is 0 Å². The molecule has 3 aliphatic rings. The number of likely N-dealkylation sites (tertiary alicyclic amines) is 1. The number of piperazine rings is 1. The number of halogens is 3. The molecule has 8 heteroatoms. The Morgan fingerprint density at radius 2 is 1.80 bits per heavy atom. The van der Waals surface area contributed by atoms with Gasteiger partial charge in [-0.15, -0.1) is 13.2 Å². The van der Waals surface area contributed by atoms with Gasteiger partial charge in [0.25, 0.3) is 0 Å². The van der Waals surface area contributed by atoms with Crippen LogP contribution in [-0.2, 0) is 4.79 Å². The van der Waals surface area contributed by atoms with Gasteiger partial charge in [0, 0.05) is 31.4 Å². The van der Waals surface area contributed by atoms with E-state index in [-0.39, 0.29) is 11.7 Å². The first kappa shape index (κ1) is 21.3. The van der Waals surface area contributed by atoms with E-state index in [4.69, 9.17) is 0 Å². The van der Waals surface area contributed by atoms with Gasteiger partial charge in [0.2, 0.25) is 5.91 Å². The number of ether oxygens (including phenoxy) is 1. The Bertz CT molecular complexity index is 756. The second kappa shape index (κ2) is 8.29. The van der Waals surface area contributed by atoms with Crippen LogP contribution in [0.25, 0.3) is 0 Å². The molecule has 1 atom stereocenters. The van der Waals surface area contributed by atoms with Gasteiger partial charge in [-0.1, -0.05) is 6.07 Å². The van der Waals surface area contributed by atoms with E-state index >= 15 is 0 Å². The first-order valence-corrected chi connectivity index (χ1v) is 10.9. The van der Waals surface area contributed by atoms with Crippen LogP contribution in [0.5, 0.6) is 5.75 Å². The third-order valence-electron chi connectivity index (χ3n) is 6.91. The Hall–Kier alpha value is -1.96. The number of nitrogens with zero attached hydrogens (tertiary/aromatic N) is 3. The van der Waals surface area contributed by atoms with Crippen molar-refractivity contribution >= 4 is 11.6 Å². The van der Waals surface area contributed by atoms with Gasteiger partial charge in [0.05, 0.1) is 0 Å². The summed E-state index contributed by atoms with van der Waals surface area (Å²) in [6, 6.07) is 5.43. The van der Waals surface area contributed by atoms with Crippen molar-refractivity contribution in [2.45, 2.75) is 51.4 Å². The molecule has 0 aromatic heterocycles. The van der Waals surface area contributed by atoms with Gasteiger partial charge in [0.15, 0.2) is 0 Å². The second-order valence-corrected chi connectivity index (χ2v) is 8.94. The van der Waals surface area contributed by atoms with E-state index in [9.17, 15) is 18.0 Å². The molecule has 2 aliphatic heterocycles. The summed E-state index contributed by atoms with van der Waals surface area (Å²) >= 11 is 0. The molecule has 0 radical (unpaired) electrons. The Morgan fingerprint density at radius 1 is 1.07 bits per heavy atom. The maximum Gasteiger partial charge on any atom is 0.573 e. The fourth-order valence-corrected chi connectivity index (χ4v) is 4.78. The summed E-state index contributed by atoms with van der Waals surface area (Å²) in [6.07, 6.45) is 1.68. The Kier molecular flexibility index (Phi) is 5.88. The number of alkyl halides is 3. The number of amides is 1. The summed E-state index contributed by atoms with van der Waals surface area (Å²) in [5, 5.41) is 0. The molecule has 166 valence electrons. The molecule has 0 N–H and O–H groups in total. The van der Waals surface area contributed by atoms with Crippen molar-refractivity contribution in [3.05, 3.63) is 24.3 Å². The molecule has 1 saturated carbocycles. The van der Waals surface area contributed by atoms with Crippen LogP contribution in [0.15, 0.2) is 24.3 Å². The molecule has 1 spiro atoms. The number of rotatable bonds is 6. The van der Waals surface area contributed by atoms with Crippen molar-refractivity contribution in [1.82, 2.24) is 9.80 Å². The topological polar surface area (TPSA) is 36.0 Å². The molecule has 1 amide bonds. The lowest BCUT2D eigenvalue weighted by Crippen LogP contribution is -2.56. The highest BCUT2D eigenvalue weighted by atomic mass is 19.4. The van der Waals surface area contributed by atoms with Crippen molar-refractivity contribution in [2.75, 3.05) is 44.2 Å². The third-order valence-corrected chi connectivity index (χ3v) is 6.91. The van der Waals surface area contributed by atoms with E-state index in [1.54, 1.807) is 6.07 Å². The number of anilines is 1. The highest BCUT2D eigenvalue weighted by Crippen LogP contribution is 2.53. The van der Waals surface area contributed by atoms with Crippen LogP contribution >= 0.6 is 0 Å². The summed E-state index contributed by atoms with van der Waals surface area (Å²) in [4.78, 5) is 19.1. The molecule has 30 heavy (non-hydrogen) atoms. The van der Waals surface area contributed by atoms with Crippen molar-refractivity contribution in [3.8, 4) is 5.75 Å². The van der Waals surface area contributed by atoms with Crippen molar-refractivity contribution in [3.63, 3.8) is 0 Å². The number of hydrogen-bond acceptors (Lipinski definition) is 4. The largest absolute Gasteiger partial charge is 0.573 e. The lowest BCUT2D eigenvalue weighted by molar-refractivity contribution is -0.274. The molecule has 4 rings (SSSR count). The maximum absolute atomic E-state index is 12.9. The van der Waals surface area contributed by atoms with E-state index in [0.717, 1.165) is 19.5 Å². The average Bonchev–Trinajstić information content (AvgIpc) is 3.45. The summed E-state index contributed by atoms with van der Waals surface area (Å²) < 4.78 is 41.5. The molecule has 1 aromatic carbocycles. The molecule has 1 unspecified atom stereocenters. The first-order valence-electron chi connectivity index (χ1n) is 10.9. The quantitative estimate of drug-likeness (QED) is 0.693. The lowest BCUT2D eigenvalue weighted by atomic mass is 9.94. The molecular formula is C22H30F3N3O2. The van der Waals surface area contributed by atoms with Gasteiger partial charge in [-0.05, 0) is 76.2 Å². The zero-order valence-electron chi connectivity index (χ0n) is 17.5. The molecule has 5 nitrogen and oxygen atoms in total. The summed E-state index contributed by atoms with van der Waals surface area (Å²) in [6.45, 7) is 7.09. The van der Waals surface area contributed by atoms with Crippen LogP contribution in [0.3, 0.4) is 0 Å². The van der Waals surface area contributed by atoms with E-state index < -0.39 is 12.4 Å². The molecule has 1 aliphatic carbocycles. The van der Waals surface area contributed by atoms with Crippen molar-refractivity contribution < 1.29 is 22.7 Å². The van der Waals surface area contributed by atoms with E-state index in [1.807, 2.05) is 16.7 Å². The van der Waals surface area contributed by atoms with Crippen molar-refractivity contribution in [1.29, 1.82) is 0 Å². The minimum Gasteiger partial charge on any atom is -0.406 e. The normalized spacial score (nSPS) is 24.4. The van der Waals surface area contributed by atoms with Gasteiger partial charge in [-0.3, -0.25) is 4.79 Å². The van der Waals surface area contributed by atoms with Crippen LogP contribution in [-0.4, -0.2) is 67.4 Å². The van der Waals surface area contributed by atoms with Gasteiger partial charge in [0.1, 0.15) is 11.8 Å². The predicted molar refractivity (Wildman–Crippen MR) is 108 cm³/mol. The highest BCUT2D eigenvalue weighted by molar-refractivity contribution is 5.86. The van der Waals surface area contributed by atoms with Crippen molar-refractivity contribution in [2.24, 2.45) is 5.41 Å². The number of carbonyl (C=O) groups is 1. The standard InChI is InChI=1S/C22H30F3N3O2/c1-17-20(29)27(11-3-10-26-12-8-21(6-7-21)9-13-26)14-15-28(17)18-4-2-5-19(16-18)30-22(23,24)25/h2,4-5,16-17H,3,6-15H2,1H3. The Labute approximate surface area is 175 Å². The SMILES string of the molecule is CC1C(=O)N(CCCN2CCC3(CC2)CC3)CCN1c1cccc(OC(F)(F)F)c1. The van der Waals surface area contributed by atoms with Gasteiger partial charge < -0.3 is 19.4 Å². The summed E-state index contributed by atoms with van der Waals surface area (Å²) in [7, 11) is 0. The number of carbonyl (C=O) groups excluding carboxylic acids is 1. The van der Waals surface area contributed by atoms with Crippen LogP contribution in [0.4, 0.5) is 18.9 Å². The summed E-state index contributed by atoms with van der Waals surface area (Å²) in [5.41, 5.74) is 1.25. The van der Waals surface area contributed by atoms with E-state index in [2.05, 4.69) is 9.64 Å². The van der Waals surface area contributed by atoms with Gasteiger partial charge in [-0.25, -0.2) is 0 Å². The average molecular weight is 425 g/mol. The highest BCUT2D eigenvalue weighted by Gasteiger charge is 2.44. The molecule has 0 bridgehead atoms. The molecule has 2 heterocycles. The molecule has 2 saturated heterocycles. The fourth-order valence-electron chi connectivity index (χ4n) is 4.78. The van der Waals surface area contributed by atoms with Crippen LogP contribution in [0, 0.1) is 5.41 Å². The second-order valence-electron chi connectivity index (χ2n) is 8.94. The van der Waals surface area contributed by atoms with Crippen LogP contribution in [0.1, 0.15) is 39.0 Å². The molecule has 3 fully saturated rings. The molecular weight excluding hydrogens is 395 g/mol. The van der Waals surface area contributed by atoms with E-state index in [1.165, 1.54) is 57.0 Å². The predicted octanol–water partition coefficient (Wildman–Crippen LogP) is 3.89.